The van der Waals surface area contributed by atoms with Crippen molar-refractivity contribution in [3.63, 3.8) is 0 Å². The van der Waals surface area contributed by atoms with Crippen LogP contribution in [0, 0.1) is 11.8 Å². The summed E-state index contributed by atoms with van der Waals surface area (Å²) in [6.07, 6.45) is 3.21. The second kappa shape index (κ2) is 4.40. The average molecular weight is 186 g/mol. The molecule has 0 amide bonds. The largest absolute Gasteiger partial charge is 0.390 e. The van der Waals surface area contributed by atoms with Gasteiger partial charge < -0.3 is 14.6 Å². The molecule has 0 aromatic heterocycles. The second-order valence-electron chi connectivity index (χ2n) is 4.16. The lowest BCUT2D eigenvalue weighted by Crippen LogP contribution is -2.24. The maximum Gasteiger partial charge on any atom is 0.0823 e. The van der Waals surface area contributed by atoms with Crippen LogP contribution in [0.15, 0.2) is 0 Å². The van der Waals surface area contributed by atoms with E-state index in [2.05, 4.69) is 0 Å². The highest BCUT2D eigenvalue weighted by Crippen LogP contribution is 2.27. The van der Waals surface area contributed by atoms with Gasteiger partial charge in [0.15, 0.2) is 0 Å². The zero-order valence-corrected chi connectivity index (χ0v) is 7.95. The number of ether oxygens (including phenoxy) is 2. The molecule has 0 spiro atoms. The van der Waals surface area contributed by atoms with Crippen molar-refractivity contribution in [1.82, 2.24) is 0 Å². The molecule has 0 aromatic rings. The van der Waals surface area contributed by atoms with Gasteiger partial charge in [-0.2, -0.15) is 0 Å². The minimum absolute atomic E-state index is 0.220. The van der Waals surface area contributed by atoms with Crippen LogP contribution >= 0.6 is 0 Å². The van der Waals surface area contributed by atoms with E-state index in [1.807, 2.05) is 0 Å². The molecule has 76 valence electrons. The molecule has 2 heterocycles. The Morgan fingerprint density at radius 3 is 2.46 bits per heavy atom. The number of hydrogen-bond donors (Lipinski definition) is 1. The molecule has 0 bridgehead atoms. The molecule has 0 unspecified atom stereocenters. The maximum atomic E-state index is 9.56. The molecule has 2 aliphatic heterocycles. The summed E-state index contributed by atoms with van der Waals surface area (Å²) < 4.78 is 10.5. The Balaban J connectivity index is 1.75. The van der Waals surface area contributed by atoms with Crippen molar-refractivity contribution in [3.8, 4) is 0 Å². The minimum atomic E-state index is -0.220. The number of rotatable bonds is 2. The van der Waals surface area contributed by atoms with Crippen molar-refractivity contribution in [2.45, 2.75) is 25.4 Å². The van der Waals surface area contributed by atoms with Crippen molar-refractivity contribution in [3.05, 3.63) is 0 Å². The third-order valence-corrected chi connectivity index (χ3v) is 3.14. The normalized spacial score (nSPS) is 36.7. The van der Waals surface area contributed by atoms with Gasteiger partial charge in [0.1, 0.15) is 0 Å². The maximum absolute atomic E-state index is 9.56. The molecule has 3 heteroatoms. The number of aliphatic hydroxyl groups excluding tert-OH is 1. The van der Waals surface area contributed by atoms with Gasteiger partial charge in [0.05, 0.1) is 19.3 Å². The Kier molecular flexibility index (Phi) is 3.19. The van der Waals surface area contributed by atoms with E-state index in [-0.39, 0.29) is 6.10 Å². The van der Waals surface area contributed by atoms with Crippen molar-refractivity contribution < 1.29 is 14.6 Å². The highest BCUT2D eigenvalue weighted by Gasteiger charge is 2.29. The van der Waals surface area contributed by atoms with E-state index < -0.39 is 0 Å². The zero-order valence-electron chi connectivity index (χ0n) is 7.95. The smallest absolute Gasteiger partial charge is 0.0823 e. The molecule has 13 heavy (non-hydrogen) atoms. The Labute approximate surface area is 79.0 Å². The highest BCUT2D eigenvalue weighted by molar-refractivity contribution is 4.78. The Morgan fingerprint density at radius 1 is 1.08 bits per heavy atom. The van der Waals surface area contributed by atoms with Gasteiger partial charge in [-0.1, -0.05) is 0 Å². The lowest BCUT2D eigenvalue weighted by atomic mass is 9.87. The summed E-state index contributed by atoms with van der Waals surface area (Å²) in [6.45, 7) is 3.08. The summed E-state index contributed by atoms with van der Waals surface area (Å²) in [7, 11) is 0. The first kappa shape index (κ1) is 9.44. The van der Waals surface area contributed by atoms with E-state index in [0.29, 0.717) is 12.5 Å². The van der Waals surface area contributed by atoms with Gasteiger partial charge in [-0.25, -0.2) is 0 Å². The van der Waals surface area contributed by atoms with Crippen LogP contribution in [0.4, 0.5) is 0 Å². The fourth-order valence-electron chi connectivity index (χ4n) is 2.22. The molecule has 2 aliphatic rings. The molecule has 2 fully saturated rings. The molecule has 2 atom stereocenters. The van der Waals surface area contributed by atoms with Gasteiger partial charge in [0.2, 0.25) is 0 Å². The summed E-state index contributed by atoms with van der Waals surface area (Å²) in [4.78, 5) is 0. The quantitative estimate of drug-likeness (QED) is 0.693. The molecule has 0 saturated carbocycles. The van der Waals surface area contributed by atoms with Gasteiger partial charge >= 0.3 is 0 Å². The summed E-state index contributed by atoms with van der Waals surface area (Å²) in [5.41, 5.74) is 0. The van der Waals surface area contributed by atoms with Gasteiger partial charge in [0.25, 0.3) is 0 Å². The fraction of sp³-hybridized carbons (Fsp3) is 1.00. The van der Waals surface area contributed by atoms with Gasteiger partial charge in [-0.3, -0.25) is 0 Å². The van der Waals surface area contributed by atoms with E-state index >= 15 is 0 Å². The van der Waals surface area contributed by atoms with Crippen LogP contribution in [0.5, 0.6) is 0 Å². The second-order valence-corrected chi connectivity index (χ2v) is 4.16. The Hall–Kier alpha value is -0.120. The third kappa shape index (κ3) is 2.42. The van der Waals surface area contributed by atoms with Crippen molar-refractivity contribution in [2.75, 3.05) is 26.4 Å². The lowest BCUT2D eigenvalue weighted by molar-refractivity contribution is 0.0490. The third-order valence-electron chi connectivity index (χ3n) is 3.14. The average Bonchev–Trinajstić information content (AvgIpc) is 2.54. The van der Waals surface area contributed by atoms with Crippen LogP contribution in [-0.2, 0) is 9.47 Å². The molecule has 0 aromatic carbocycles. The molecule has 0 radical (unpaired) electrons. The van der Waals surface area contributed by atoms with E-state index in [9.17, 15) is 5.11 Å². The van der Waals surface area contributed by atoms with Crippen molar-refractivity contribution in [2.24, 2.45) is 11.8 Å². The monoisotopic (exact) mass is 186 g/mol. The number of aliphatic hydroxyl groups is 1. The van der Waals surface area contributed by atoms with E-state index in [1.54, 1.807) is 0 Å². The van der Waals surface area contributed by atoms with Crippen LogP contribution in [0.1, 0.15) is 19.3 Å². The van der Waals surface area contributed by atoms with Crippen LogP contribution in [-0.4, -0.2) is 37.6 Å². The van der Waals surface area contributed by atoms with Crippen LogP contribution in [0.2, 0.25) is 0 Å². The summed E-state index contributed by atoms with van der Waals surface area (Å²) in [5.74, 6) is 1.12. The Morgan fingerprint density at radius 2 is 1.85 bits per heavy atom. The lowest BCUT2D eigenvalue weighted by Gasteiger charge is -2.25. The van der Waals surface area contributed by atoms with Crippen molar-refractivity contribution in [1.29, 1.82) is 0 Å². The number of hydrogen-bond acceptors (Lipinski definition) is 3. The zero-order chi connectivity index (χ0) is 9.10. The first-order valence-corrected chi connectivity index (χ1v) is 5.20. The molecule has 3 nitrogen and oxygen atoms in total. The van der Waals surface area contributed by atoms with Gasteiger partial charge in [-0.05, 0) is 25.2 Å². The first-order valence-electron chi connectivity index (χ1n) is 5.20. The fourth-order valence-corrected chi connectivity index (χ4v) is 2.22. The summed E-state index contributed by atoms with van der Waals surface area (Å²) in [5, 5.41) is 9.56. The van der Waals surface area contributed by atoms with Crippen LogP contribution in [0.25, 0.3) is 0 Å². The first-order chi connectivity index (χ1) is 6.36. The molecule has 2 saturated heterocycles. The molecule has 2 rings (SSSR count). The predicted molar refractivity (Wildman–Crippen MR) is 48.5 cm³/mol. The van der Waals surface area contributed by atoms with E-state index in [4.69, 9.17) is 9.47 Å². The SMILES string of the molecule is O[C@@H]1COC[C@H]1CC1CCOCC1. The summed E-state index contributed by atoms with van der Waals surface area (Å²) in [6, 6.07) is 0. The molecular weight excluding hydrogens is 168 g/mol. The highest BCUT2D eigenvalue weighted by atomic mass is 16.5. The van der Waals surface area contributed by atoms with Crippen LogP contribution < -0.4 is 0 Å². The van der Waals surface area contributed by atoms with Gasteiger partial charge in [-0.15, -0.1) is 0 Å². The molecular formula is C10H18O3. The topological polar surface area (TPSA) is 38.7 Å². The standard InChI is InChI=1S/C10H18O3/c11-10-7-13-6-9(10)5-8-1-3-12-4-2-8/h8-11H,1-7H2/t9-,10-/m1/s1. The molecule has 1 N–H and O–H groups in total. The predicted octanol–water partition coefficient (Wildman–Crippen LogP) is 0.810. The van der Waals surface area contributed by atoms with E-state index in [0.717, 1.165) is 45.0 Å². The van der Waals surface area contributed by atoms with E-state index in [1.165, 1.54) is 0 Å². The van der Waals surface area contributed by atoms with Gasteiger partial charge in [0, 0.05) is 19.1 Å². The Bertz CT molecular complexity index is 154. The van der Waals surface area contributed by atoms with Crippen LogP contribution in [0.3, 0.4) is 0 Å². The van der Waals surface area contributed by atoms with Crippen molar-refractivity contribution >= 4 is 0 Å². The molecule has 0 aliphatic carbocycles. The minimum Gasteiger partial charge on any atom is -0.390 e. The summed E-state index contributed by atoms with van der Waals surface area (Å²) >= 11 is 0.